The molecule has 0 amide bonds. The summed E-state index contributed by atoms with van der Waals surface area (Å²) in [7, 11) is 0. The lowest BCUT2D eigenvalue weighted by Gasteiger charge is -2.11. The molecule has 0 saturated heterocycles. The molecule has 1 saturated carbocycles. The fourth-order valence-electron chi connectivity index (χ4n) is 2.75. The average molecular weight is 324 g/mol. The number of ether oxygens (including phenoxy) is 1. The van der Waals surface area contributed by atoms with Gasteiger partial charge < -0.3 is 4.74 Å². The van der Waals surface area contributed by atoms with E-state index >= 15 is 0 Å². The lowest BCUT2D eigenvalue weighted by atomic mass is 9.98. The van der Waals surface area contributed by atoms with Gasteiger partial charge >= 0.3 is 5.97 Å². The number of rotatable bonds is 4. The Morgan fingerprint density at radius 1 is 1.38 bits per heavy atom. The molecule has 0 aromatic heterocycles. The number of nitriles is 1. The molecule has 1 aromatic rings. The van der Waals surface area contributed by atoms with Crippen LogP contribution in [0.3, 0.4) is 0 Å². The number of hydrogen-bond donors (Lipinski definition) is 0. The van der Waals surface area contributed by atoms with E-state index < -0.39 is 16.8 Å². The molecule has 1 aliphatic rings. The molecule has 1 fully saturated rings. The lowest BCUT2D eigenvalue weighted by Crippen LogP contribution is -2.23. The molecule has 0 heterocycles. The molecule has 1 aliphatic carbocycles. The zero-order chi connectivity index (χ0) is 15.7. The number of allylic oxidation sites excluding steroid dienone is 1. The summed E-state index contributed by atoms with van der Waals surface area (Å²) in [4.78, 5) is 12.4. The average Bonchev–Trinajstić information content (AvgIpc) is 2.92. The summed E-state index contributed by atoms with van der Waals surface area (Å²) in [5.41, 5.74) is -0.902. The van der Waals surface area contributed by atoms with E-state index in [9.17, 15) is 10.1 Å². The second kappa shape index (κ2) is 5.71. The van der Waals surface area contributed by atoms with Crippen LogP contribution < -0.4 is 0 Å². The molecule has 0 radical (unpaired) electrons. The Kier molecular flexibility index (Phi) is 4.32. The highest BCUT2D eigenvalue weighted by Crippen LogP contribution is 2.70. The minimum absolute atomic E-state index is 0.0565. The van der Waals surface area contributed by atoms with Gasteiger partial charge in [0.2, 0.25) is 0 Å². The second-order valence-electron chi connectivity index (χ2n) is 5.64. The van der Waals surface area contributed by atoms with Gasteiger partial charge in [-0.15, -0.1) is 0 Å². The Hall–Kier alpha value is -1.50. The molecule has 3 nitrogen and oxygen atoms in total. The van der Waals surface area contributed by atoms with Crippen molar-refractivity contribution in [3.05, 3.63) is 46.5 Å². The molecule has 5 heteroatoms. The largest absolute Gasteiger partial charge is 0.460 e. The molecule has 2 rings (SSSR count). The number of esters is 1. The third-order valence-electron chi connectivity index (χ3n) is 4.18. The molecular weight excluding hydrogens is 309 g/mol. The van der Waals surface area contributed by atoms with Crippen molar-refractivity contribution in [1.82, 2.24) is 0 Å². The van der Waals surface area contributed by atoms with Crippen LogP contribution in [0, 0.1) is 28.1 Å². The predicted octanol–water partition coefficient (Wildman–Crippen LogP) is 4.21. The standard InChI is InChI=1S/C16H15Cl2NO2/c1-15(2)12(8-13(17)18)16(15,10-19)14(20)21-9-11-6-4-3-5-7-11/h3-8,12H,9H2,1-2H3. The van der Waals surface area contributed by atoms with Gasteiger partial charge in [-0.05, 0) is 11.6 Å². The molecule has 21 heavy (non-hydrogen) atoms. The monoisotopic (exact) mass is 323 g/mol. The van der Waals surface area contributed by atoms with E-state index in [1.807, 2.05) is 44.2 Å². The van der Waals surface area contributed by atoms with Crippen LogP contribution in [-0.2, 0) is 16.1 Å². The van der Waals surface area contributed by atoms with Crippen molar-refractivity contribution in [3.8, 4) is 6.07 Å². The quantitative estimate of drug-likeness (QED) is 0.779. The van der Waals surface area contributed by atoms with E-state index in [2.05, 4.69) is 6.07 Å². The first-order valence-corrected chi connectivity index (χ1v) is 7.27. The molecule has 1 aromatic carbocycles. The second-order valence-corrected chi connectivity index (χ2v) is 6.65. The normalized spacial score (nSPS) is 25.6. The van der Waals surface area contributed by atoms with Crippen LogP contribution in [0.5, 0.6) is 0 Å². The topological polar surface area (TPSA) is 50.1 Å². The van der Waals surface area contributed by atoms with Crippen molar-refractivity contribution in [1.29, 1.82) is 5.26 Å². The smallest absolute Gasteiger partial charge is 0.328 e. The Morgan fingerprint density at radius 3 is 2.52 bits per heavy atom. The van der Waals surface area contributed by atoms with E-state index in [4.69, 9.17) is 27.9 Å². The number of nitrogens with zero attached hydrogens (tertiary/aromatic N) is 1. The van der Waals surface area contributed by atoms with E-state index in [1.165, 1.54) is 6.08 Å². The first-order chi connectivity index (χ1) is 9.86. The number of carbonyl (C=O) groups excluding carboxylic acids is 1. The molecule has 2 atom stereocenters. The van der Waals surface area contributed by atoms with E-state index in [1.54, 1.807) is 0 Å². The fourth-order valence-corrected chi connectivity index (χ4v) is 3.00. The summed E-state index contributed by atoms with van der Waals surface area (Å²) < 4.78 is 5.37. The van der Waals surface area contributed by atoms with Crippen molar-refractivity contribution < 1.29 is 9.53 Å². The van der Waals surface area contributed by atoms with Crippen molar-refractivity contribution in [2.24, 2.45) is 16.7 Å². The van der Waals surface area contributed by atoms with E-state index in [0.29, 0.717) is 0 Å². The molecule has 2 unspecified atom stereocenters. The summed E-state index contributed by atoms with van der Waals surface area (Å²) >= 11 is 11.3. The molecule has 0 aliphatic heterocycles. The maximum absolute atomic E-state index is 12.4. The van der Waals surface area contributed by atoms with Gasteiger partial charge in [0.25, 0.3) is 0 Å². The van der Waals surface area contributed by atoms with Crippen LogP contribution >= 0.6 is 23.2 Å². The SMILES string of the molecule is CC1(C)C(C=C(Cl)Cl)C1(C#N)C(=O)OCc1ccccc1. The molecular formula is C16H15Cl2NO2. The third-order valence-corrected chi connectivity index (χ3v) is 4.43. The zero-order valence-electron chi connectivity index (χ0n) is 11.8. The van der Waals surface area contributed by atoms with Crippen LogP contribution in [-0.4, -0.2) is 5.97 Å². The Morgan fingerprint density at radius 2 is 2.00 bits per heavy atom. The number of benzene rings is 1. The summed E-state index contributed by atoms with van der Waals surface area (Å²) in [5, 5.41) is 9.48. The maximum Gasteiger partial charge on any atom is 0.328 e. The van der Waals surface area contributed by atoms with Crippen molar-refractivity contribution >= 4 is 29.2 Å². The van der Waals surface area contributed by atoms with E-state index in [-0.39, 0.29) is 17.0 Å². The molecule has 0 spiro atoms. The van der Waals surface area contributed by atoms with Crippen molar-refractivity contribution in [3.63, 3.8) is 0 Å². The number of halogens is 2. The van der Waals surface area contributed by atoms with Crippen LogP contribution in [0.25, 0.3) is 0 Å². The van der Waals surface area contributed by atoms with Gasteiger partial charge in [0.15, 0.2) is 5.41 Å². The van der Waals surface area contributed by atoms with Gasteiger partial charge in [-0.2, -0.15) is 5.26 Å². The van der Waals surface area contributed by atoms with Gasteiger partial charge in [0.05, 0.1) is 6.07 Å². The predicted molar refractivity (Wildman–Crippen MR) is 81.3 cm³/mol. The highest BCUT2D eigenvalue weighted by atomic mass is 35.5. The summed E-state index contributed by atoms with van der Waals surface area (Å²) in [6.45, 7) is 3.81. The van der Waals surface area contributed by atoms with Crippen molar-refractivity contribution in [2.45, 2.75) is 20.5 Å². The first-order valence-electron chi connectivity index (χ1n) is 6.51. The Labute approximate surface area is 134 Å². The molecule has 0 bridgehead atoms. The highest BCUT2D eigenvalue weighted by molar-refractivity contribution is 6.55. The number of hydrogen-bond acceptors (Lipinski definition) is 3. The van der Waals surface area contributed by atoms with E-state index in [0.717, 1.165) is 5.56 Å². The van der Waals surface area contributed by atoms with Gasteiger partial charge in [-0.3, -0.25) is 4.79 Å². The minimum atomic E-state index is -1.23. The number of carbonyl (C=O) groups is 1. The van der Waals surface area contributed by atoms with Crippen LogP contribution in [0.15, 0.2) is 40.9 Å². The summed E-state index contributed by atoms with van der Waals surface area (Å²) in [5.74, 6) is -0.877. The Bertz CT molecular complexity index is 615. The summed E-state index contributed by atoms with van der Waals surface area (Å²) in [6.07, 6.45) is 1.54. The lowest BCUT2D eigenvalue weighted by molar-refractivity contribution is -0.150. The Balaban J connectivity index is 2.14. The van der Waals surface area contributed by atoms with Crippen LogP contribution in [0.2, 0.25) is 0 Å². The van der Waals surface area contributed by atoms with Gasteiger partial charge in [0.1, 0.15) is 11.1 Å². The molecule has 110 valence electrons. The van der Waals surface area contributed by atoms with Gasteiger partial charge in [0, 0.05) is 11.3 Å². The zero-order valence-corrected chi connectivity index (χ0v) is 13.3. The minimum Gasteiger partial charge on any atom is -0.460 e. The van der Waals surface area contributed by atoms with Crippen LogP contribution in [0.4, 0.5) is 0 Å². The van der Waals surface area contributed by atoms with Gasteiger partial charge in [-0.1, -0.05) is 67.4 Å². The van der Waals surface area contributed by atoms with Crippen LogP contribution in [0.1, 0.15) is 19.4 Å². The summed E-state index contributed by atoms with van der Waals surface area (Å²) in [6, 6.07) is 11.4. The third kappa shape index (κ3) is 2.66. The molecule has 0 N–H and O–H groups in total. The highest BCUT2D eigenvalue weighted by Gasteiger charge is 2.76. The van der Waals surface area contributed by atoms with Gasteiger partial charge in [-0.25, -0.2) is 0 Å². The maximum atomic E-state index is 12.4. The van der Waals surface area contributed by atoms with Crippen molar-refractivity contribution in [2.75, 3.05) is 0 Å². The fraction of sp³-hybridized carbons (Fsp3) is 0.375. The first kappa shape index (κ1) is 15.9.